The van der Waals surface area contributed by atoms with Gasteiger partial charge in [-0.15, -0.1) is 11.3 Å². The molecule has 0 radical (unpaired) electrons. The van der Waals surface area contributed by atoms with E-state index in [0.29, 0.717) is 16.9 Å². The van der Waals surface area contributed by atoms with Gasteiger partial charge in [0.15, 0.2) is 5.82 Å². The molecular formula is C13H13ClIN3S. The number of rotatable bonds is 2. The zero-order valence-corrected chi connectivity index (χ0v) is 14.2. The van der Waals surface area contributed by atoms with Gasteiger partial charge >= 0.3 is 0 Å². The fraction of sp³-hybridized carbons (Fsp3) is 0.462. The first-order valence-corrected chi connectivity index (χ1v) is 8.64. The number of hydrogen-bond acceptors (Lipinski definition) is 4. The van der Waals surface area contributed by atoms with Crippen molar-refractivity contribution in [2.24, 2.45) is 0 Å². The maximum absolute atomic E-state index is 6.27. The van der Waals surface area contributed by atoms with Gasteiger partial charge in [0.25, 0.3) is 0 Å². The fourth-order valence-corrected chi connectivity index (χ4v) is 3.94. The predicted molar refractivity (Wildman–Crippen MR) is 86.8 cm³/mol. The van der Waals surface area contributed by atoms with Gasteiger partial charge in [-0.25, -0.2) is 15.0 Å². The van der Waals surface area contributed by atoms with Crippen LogP contribution in [0.25, 0.3) is 11.5 Å². The van der Waals surface area contributed by atoms with E-state index in [4.69, 9.17) is 16.6 Å². The summed E-state index contributed by atoms with van der Waals surface area (Å²) in [5.41, 5.74) is 1.94. The monoisotopic (exact) mass is 405 g/mol. The first-order chi connectivity index (χ1) is 9.15. The summed E-state index contributed by atoms with van der Waals surface area (Å²) in [6, 6.07) is 0. The Labute approximate surface area is 135 Å². The standard InChI is InChI=1S/C13H13ClIN3S/c1-7-16-9(6-19-7)13-17-11(8-4-2-3-5-8)10(15)12(14)18-13/h6,8H,2-5H2,1H3. The first-order valence-electron chi connectivity index (χ1n) is 6.30. The number of aromatic nitrogens is 3. The van der Waals surface area contributed by atoms with Gasteiger partial charge in [-0.1, -0.05) is 24.4 Å². The van der Waals surface area contributed by atoms with Gasteiger partial charge in [-0.3, -0.25) is 0 Å². The third kappa shape index (κ3) is 2.78. The van der Waals surface area contributed by atoms with Gasteiger partial charge in [-0.2, -0.15) is 0 Å². The minimum absolute atomic E-state index is 0.533. The molecule has 1 saturated carbocycles. The second-order valence-corrected chi connectivity index (χ2v) is 7.27. The van der Waals surface area contributed by atoms with Crippen LogP contribution in [0.5, 0.6) is 0 Å². The molecular weight excluding hydrogens is 393 g/mol. The number of hydrogen-bond donors (Lipinski definition) is 0. The number of thiazole rings is 1. The molecule has 1 aliphatic rings. The van der Waals surface area contributed by atoms with E-state index in [1.54, 1.807) is 11.3 Å². The average molecular weight is 406 g/mol. The zero-order chi connectivity index (χ0) is 13.4. The largest absolute Gasteiger partial charge is 0.238 e. The van der Waals surface area contributed by atoms with E-state index in [9.17, 15) is 0 Å². The van der Waals surface area contributed by atoms with Crippen molar-refractivity contribution in [1.82, 2.24) is 15.0 Å². The van der Waals surface area contributed by atoms with Crippen molar-refractivity contribution < 1.29 is 0 Å². The topological polar surface area (TPSA) is 38.7 Å². The highest BCUT2D eigenvalue weighted by Gasteiger charge is 2.24. The van der Waals surface area contributed by atoms with E-state index < -0.39 is 0 Å². The second-order valence-electron chi connectivity index (χ2n) is 4.77. The number of nitrogens with zero attached hydrogens (tertiary/aromatic N) is 3. The Balaban J connectivity index is 2.06. The van der Waals surface area contributed by atoms with Crippen molar-refractivity contribution in [2.45, 2.75) is 38.5 Å². The summed E-state index contributed by atoms with van der Waals surface area (Å²) < 4.78 is 1.00. The third-order valence-electron chi connectivity index (χ3n) is 3.43. The van der Waals surface area contributed by atoms with Crippen molar-refractivity contribution in [1.29, 1.82) is 0 Å². The highest BCUT2D eigenvalue weighted by molar-refractivity contribution is 14.1. The number of halogens is 2. The SMILES string of the molecule is Cc1nc(-c2nc(Cl)c(I)c(C3CCCC3)n2)cs1. The summed E-state index contributed by atoms with van der Waals surface area (Å²) in [6.45, 7) is 1.99. The molecule has 1 fully saturated rings. The molecule has 19 heavy (non-hydrogen) atoms. The molecule has 1 aliphatic carbocycles. The molecule has 2 aromatic heterocycles. The predicted octanol–water partition coefficient (Wildman–Crippen LogP) is 4.82. The summed E-state index contributed by atoms with van der Waals surface area (Å²) >= 11 is 10.1. The third-order valence-corrected chi connectivity index (χ3v) is 5.86. The van der Waals surface area contributed by atoms with E-state index >= 15 is 0 Å². The molecule has 0 N–H and O–H groups in total. The van der Waals surface area contributed by atoms with Crippen LogP contribution < -0.4 is 0 Å². The first kappa shape index (κ1) is 13.7. The van der Waals surface area contributed by atoms with Crippen molar-refractivity contribution in [3.05, 3.63) is 24.8 Å². The molecule has 2 aromatic rings. The van der Waals surface area contributed by atoms with Gasteiger partial charge in [0, 0.05) is 11.3 Å². The normalized spacial score (nSPS) is 16.2. The van der Waals surface area contributed by atoms with Gasteiger partial charge in [-0.05, 0) is 42.4 Å². The van der Waals surface area contributed by atoms with Crippen molar-refractivity contribution in [3.63, 3.8) is 0 Å². The van der Waals surface area contributed by atoms with Crippen molar-refractivity contribution in [2.75, 3.05) is 0 Å². The Morgan fingerprint density at radius 1 is 1.26 bits per heavy atom. The Morgan fingerprint density at radius 3 is 2.63 bits per heavy atom. The smallest absolute Gasteiger partial charge is 0.180 e. The minimum Gasteiger partial charge on any atom is -0.238 e. The summed E-state index contributed by atoms with van der Waals surface area (Å²) in [5.74, 6) is 1.20. The maximum atomic E-state index is 6.27. The Kier molecular flexibility index (Phi) is 4.05. The maximum Gasteiger partial charge on any atom is 0.180 e. The molecule has 0 unspecified atom stereocenters. The summed E-state index contributed by atoms with van der Waals surface area (Å²) in [5, 5.41) is 3.57. The Bertz CT molecular complexity index is 608. The molecule has 0 bridgehead atoms. The lowest BCUT2D eigenvalue weighted by Gasteiger charge is -2.12. The molecule has 100 valence electrons. The Morgan fingerprint density at radius 2 is 2.00 bits per heavy atom. The Hall–Kier alpha value is -0.270. The van der Waals surface area contributed by atoms with E-state index in [2.05, 4.69) is 32.6 Å². The molecule has 0 aromatic carbocycles. The van der Waals surface area contributed by atoms with E-state index in [0.717, 1.165) is 20.0 Å². The van der Waals surface area contributed by atoms with Gasteiger partial charge < -0.3 is 0 Å². The molecule has 0 saturated heterocycles. The molecule has 0 aliphatic heterocycles. The molecule has 6 heteroatoms. The molecule has 3 nitrogen and oxygen atoms in total. The lowest BCUT2D eigenvalue weighted by molar-refractivity contribution is 0.690. The van der Waals surface area contributed by atoms with Crippen LogP contribution in [0.3, 0.4) is 0 Å². The van der Waals surface area contributed by atoms with Crippen LogP contribution in [-0.2, 0) is 0 Å². The van der Waals surface area contributed by atoms with Gasteiger partial charge in [0.1, 0.15) is 10.8 Å². The van der Waals surface area contributed by atoms with E-state index in [1.165, 1.54) is 25.7 Å². The van der Waals surface area contributed by atoms with Crippen LogP contribution in [0.2, 0.25) is 5.15 Å². The van der Waals surface area contributed by atoms with E-state index in [1.807, 2.05) is 12.3 Å². The summed E-state index contributed by atoms with van der Waals surface area (Å²) in [6.07, 6.45) is 4.98. The van der Waals surface area contributed by atoms with Crippen LogP contribution in [0.4, 0.5) is 0 Å². The van der Waals surface area contributed by atoms with Crippen LogP contribution in [0.1, 0.15) is 42.3 Å². The quantitative estimate of drug-likeness (QED) is 0.531. The summed E-state index contributed by atoms with van der Waals surface area (Å²) in [7, 11) is 0. The average Bonchev–Trinajstić information content (AvgIpc) is 3.03. The number of aryl methyl sites for hydroxylation is 1. The molecule has 2 heterocycles. The molecule has 0 atom stereocenters. The highest BCUT2D eigenvalue weighted by Crippen LogP contribution is 2.37. The minimum atomic E-state index is 0.533. The summed E-state index contributed by atoms with van der Waals surface area (Å²) in [4.78, 5) is 13.6. The fourth-order valence-electron chi connectivity index (χ4n) is 2.49. The molecule has 3 rings (SSSR count). The lowest BCUT2D eigenvalue weighted by Crippen LogP contribution is -2.04. The van der Waals surface area contributed by atoms with Crippen molar-refractivity contribution >= 4 is 45.5 Å². The molecule has 0 amide bonds. The van der Waals surface area contributed by atoms with Gasteiger partial charge in [0.05, 0.1) is 14.3 Å². The van der Waals surface area contributed by atoms with Gasteiger partial charge in [0.2, 0.25) is 0 Å². The van der Waals surface area contributed by atoms with E-state index in [-0.39, 0.29) is 0 Å². The van der Waals surface area contributed by atoms with Crippen LogP contribution >= 0.6 is 45.5 Å². The second kappa shape index (κ2) is 5.61. The van der Waals surface area contributed by atoms with Crippen LogP contribution in [0.15, 0.2) is 5.38 Å². The zero-order valence-electron chi connectivity index (χ0n) is 10.5. The van der Waals surface area contributed by atoms with Crippen LogP contribution in [0, 0.1) is 10.5 Å². The lowest BCUT2D eigenvalue weighted by atomic mass is 10.0. The highest BCUT2D eigenvalue weighted by atomic mass is 127. The van der Waals surface area contributed by atoms with Crippen LogP contribution in [-0.4, -0.2) is 15.0 Å². The van der Waals surface area contributed by atoms with Crippen molar-refractivity contribution in [3.8, 4) is 11.5 Å². The molecule has 0 spiro atoms.